The van der Waals surface area contributed by atoms with Gasteiger partial charge in [0.25, 0.3) is 15.2 Å². The van der Waals surface area contributed by atoms with Gasteiger partial charge in [0.1, 0.15) is 6.73 Å². The lowest BCUT2D eigenvalue weighted by atomic mass is 9.86. The number of halogens is 1. The normalized spacial score (nSPS) is 18.8. The number of morpholine rings is 1. The van der Waals surface area contributed by atoms with Crippen LogP contribution in [0.1, 0.15) is 36.8 Å². The second-order valence-corrected chi connectivity index (χ2v) is 21.7. The summed E-state index contributed by atoms with van der Waals surface area (Å²) in [6.45, 7) is 10.8. The van der Waals surface area contributed by atoms with Crippen LogP contribution in [-0.4, -0.2) is 109 Å². The third kappa shape index (κ3) is 7.67. The maximum absolute atomic E-state index is 14.2. The summed E-state index contributed by atoms with van der Waals surface area (Å²) in [7, 11) is -5.39. The zero-order valence-electron chi connectivity index (χ0n) is 28.3. The molecule has 3 aliphatic rings. The molecule has 0 amide bonds. The Hall–Kier alpha value is -2.79. The van der Waals surface area contributed by atoms with Gasteiger partial charge in [-0.05, 0) is 67.3 Å². The second-order valence-electron chi connectivity index (χ2n) is 14.3. The molecule has 2 saturated heterocycles. The minimum Gasteiger partial charge on any atom is -0.396 e. The van der Waals surface area contributed by atoms with E-state index in [-0.39, 0.29) is 30.0 Å². The van der Waals surface area contributed by atoms with Gasteiger partial charge in [0, 0.05) is 70.8 Å². The lowest BCUT2D eigenvalue weighted by Crippen LogP contribution is -2.62. The van der Waals surface area contributed by atoms with Crippen molar-refractivity contribution in [3.05, 3.63) is 47.5 Å². The van der Waals surface area contributed by atoms with Crippen molar-refractivity contribution in [3.8, 4) is 11.1 Å². The number of anilines is 2. The van der Waals surface area contributed by atoms with Crippen molar-refractivity contribution < 1.29 is 27.4 Å². The highest BCUT2D eigenvalue weighted by molar-refractivity contribution is 7.89. The number of aliphatic hydroxyl groups is 1. The van der Waals surface area contributed by atoms with Crippen molar-refractivity contribution in [2.24, 2.45) is 0 Å². The van der Waals surface area contributed by atoms with Crippen LogP contribution in [0.4, 0.5) is 16.0 Å². The number of ether oxygens (including phenoxy) is 2. The van der Waals surface area contributed by atoms with Crippen molar-refractivity contribution in [1.82, 2.24) is 29.0 Å². The molecule has 0 saturated carbocycles. The molecule has 0 radical (unpaired) electrons. The molecular formula is C33H48FN7O5SSi. The van der Waals surface area contributed by atoms with E-state index in [2.05, 4.69) is 51.0 Å². The Morgan fingerprint density at radius 3 is 2.71 bits per heavy atom. The predicted octanol–water partition coefficient (Wildman–Crippen LogP) is 4.26. The van der Waals surface area contributed by atoms with Gasteiger partial charge in [0.2, 0.25) is 11.9 Å². The number of aromatic nitrogens is 4. The molecule has 6 rings (SSSR count). The van der Waals surface area contributed by atoms with Crippen LogP contribution in [0.2, 0.25) is 25.7 Å². The number of piperidine rings is 1. The highest BCUT2D eigenvalue weighted by atomic mass is 32.2. The third-order valence-electron chi connectivity index (χ3n) is 9.78. The number of pyridine rings is 1. The number of nitrogens with one attached hydrogen (secondary N) is 1. The smallest absolute Gasteiger partial charge is 0.284 e. The lowest BCUT2D eigenvalue weighted by Gasteiger charge is -2.50. The molecule has 0 atom stereocenters. The largest absolute Gasteiger partial charge is 0.396 e. The number of benzene rings is 1. The molecule has 2 N–H and O–H groups in total. The highest BCUT2D eigenvalue weighted by Crippen LogP contribution is 2.39. The Labute approximate surface area is 283 Å². The first-order chi connectivity index (χ1) is 23.0. The summed E-state index contributed by atoms with van der Waals surface area (Å²) in [4.78, 5) is 10.7. The summed E-state index contributed by atoms with van der Waals surface area (Å²) >= 11 is 0. The van der Waals surface area contributed by atoms with Crippen LogP contribution in [0, 0.1) is 5.95 Å². The number of aryl methyl sites for hydroxylation is 1. The molecule has 48 heavy (non-hydrogen) atoms. The zero-order valence-corrected chi connectivity index (χ0v) is 30.1. The summed E-state index contributed by atoms with van der Waals surface area (Å²) in [6.07, 6.45) is 6.10. The second kappa shape index (κ2) is 14.6. The van der Waals surface area contributed by atoms with Crippen LogP contribution >= 0.6 is 0 Å². The van der Waals surface area contributed by atoms with Crippen LogP contribution in [0.15, 0.2) is 35.6 Å². The average molecular weight is 702 g/mol. The van der Waals surface area contributed by atoms with Crippen LogP contribution in [0.5, 0.6) is 0 Å². The Bertz CT molecular complexity index is 1690. The van der Waals surface area contributed by atoms with Crippen molar-refractivity contribution in [1.29, 1.82) is 0 Å². The van der Waals surface area contributed by atoms with Crippen LogP contribution < -0.4 is 5.32 Å². The number of nitrogens with zero attached hydrogens (tertiary/aromatic N) is 6. The molecule has 4 heterocycles. The van der Waals surface area contributed by atoms with Gasteiger partial charge in [0.15, 0.2) is 0 Å². The molecule has 15 heteroatoms. The minimum atomic E-state index is -4.03. The third-order valence-corrected chi connectivity index (χ3v) is 13.2. The van der Waals surface area contributed by atoms with E-state index in [1.165, 1.54) is 26.8 Å². The summed E-state index contributed by atoms with van der Waals surface area (Å²) in [5.41, 5.74) is 4.24. The van der Waals surface area contributed by atoms with Crippen molar-refractivity contribution >= 4 is 29.7 Å². The molecule has 2 aromatic heterocycles. The van der Waals surface area contributed by atoms with E-state index in [0.717, 1.165) is 55.2 Å². The minimum absolute atomic E-state index is 0.0316. The fraction of sp³-hybridized carbons (Fsp3) is 0.606. The molecule has 12 nitrogen and oxygen atoms in total. The maximum atomic E-state index is 14.2. The Balaban J connectivity index is 1.29. The van der Waals surface area contributed by atoms with Gasteiger partial charge < -0.3 is 19.9 Å². The average Bonchev–Trinajstić information content (AvgIpc) is 3.71. The number of fused-ring (bicyclic) bond motifs is 1. The van der Waals surface area contributed by atoms with Crippen molar-refractivity contribution in [2.45, 2.75) is 81.6 Å². The fourth-order valence-electron chi connectivity index (χ4n) is 6.97. The summed E-state index contributed by atoms with van der Waals surface area (Å²) in [6, 6.07) is 8.15. The van der Waals surface area contributed by atoms with E-state index in [1.807, 2.05) is 6.07 Å². The monoisotopic (exact) mass is 701 g/mol. The summed E-state index contributed by atoms with van der Waals surface area (Å²) in [5.74, 6) is -0.326. The van der Waals surface area contributed by atoms with Gasteiger partial charge in [-0.2, -0.15) is 13.7 Å². The first kappa shape index (κ1) is 35.0. The van der Waals surface area contributed by atoms with E-state index in [1.54, 1.807) is 6.07 Å². The number of hydrogen-bond acceptors (Lipinski definition) is 10. The number of sulfonamides is 1. The zero-order chi connectivity index (χ0) is 33.9. The molecule has 0 unspecified atom stereocenters. The van der Waals surface area contributed by atoms with Gasteiger partial charge >= 0.3 is 0 Å². The van der Waals surface area contributed by atoms with Crippen LogP contribution in [-0.2, 0) is 39.1 Å². The van der Waals surface area contributed by atoms with E-state index in [9.17, 15) is 17.9 Å². The SMILES string of the molecule is C[Si](C)(C)CCOCn1nc(S(=O)(=O)N2CCC3(CC2)COCCN3CCCO)nc1Nc1c(-c2ccnc(F)c2)ccc2c1CCC2. The van der Waals surface area contributed by atoms with E-state index in [4.69, 9.17) is 9.47 Å². The molecule has 1 spiro atoms. The topological polar surface area (TPSA) is 135 Å². The molecule has 2 aliphatic heterocycles. The summed E-state index contributed by atoms with van der Waals surface area (Å²) < 4.78 is 57.3. The first-order valence-corrected chi connectivity index (χ1v) is 22.1. The van der Waals surface area contributed by atoms with Gasteiger partial charge in [-0.3, -0.25) is 4.90 Å². The predicted molar refractivity (Wildman–Crippen MR) is 184 cm³/mol. The molecular weight excluding hydrogens is 654 g/mol. The molecule has 0 bridgehead atoms. The first-order valence-electron chi connectivity index (χ1n) is 17.0. The Morgan fingerprint density at radius 2 is 1.96 bits per heavy atom. The van der Waals surface area contributed by atoms with Crippen LogP contribution in [0.3, 0.4) is 0 Å². The molecule has 1 aliphatic carbocycles. The van der Waals surface area contributed by atoms with Gasteiger partial charge in [-0.1, -0.05) is 31.8 Å². The van der Waals surface area contributed by atoms with E-state index in [0.29, 0.717) is 57.7 Å². The summed E-state index contributed by atoms with van der Waals surface area (Å²) in [5, 5.41) is 17.1. The Morgan fingerprint density at radius 1 is 1.15 bits per heavy atom. The van der Waals surface area contributed by atoms with Gasteiger partial charge in [-0.15, -0.1) is 5.10 Å². The van der Waals surface area contributed by atoms with E-state index < -0.39 is 24.0 Å². The molecule has 262 valence electrons. The quantitative estimate of drug-likeness (QED) is 0.151. The molecule has 3 aromatic rings. The van der Waals surface area contributed by atoms with Crippen molar-refractivity contribution in [2.75, 3.05) is 57.9 Å². The maximum Gasteiger partial charge on any atom is 0.284 e. The number of hydrogen-bond donors (Lipinski definition) is 2. The van der Waals surface area contributed by atoms with E-state index >= 15 is 0 Å². The van der Waals surface area contributed by atoms with Gasteiger partial charge in [0.05, 0.1) is 18.9 Å². The van der Waals surface area contributed by atoms with Crippen molar-refractivity contribution in [3.63, 3.8) is 0 Å². The highest BCUT2D eigenvalue weighted by Gasteiger charge is 2.45. The lowest BCUT2D eigenvalue weighted by molar-refractivity contribution is -0.0897. The van der Waals surface area contributed by atoms with Crippen LogP contribution in [0.25, 0.3) is 11.1 Å². The molecule has 1 aromatic carbocycles. The standard InChI is InChI=1S/C33H48FN7O5SSi/c1-48(2,3)21-20-46-24-41-31(36-30-27-7-4-6-25(27)8-9-28(30)26-10-13-35-29(34)22-26)37-32(38-41)47(43,44)40-15-11-33(12-16-40)23-45-19-17-39(33)14-5-18-42/h8-10,13,22,42H,4-7,11-12,14-21,23-24H2,1-3H3,(H,36,37,38). The number of rotatable bonds is 13. The van der Waals surface area contributed by atoms with Gasteiger partial charge in [-0.25, -0.2) is 18.1 Å². The Kier molecular flexibility index (Phi) is 10.7. The molecule has 2 fully saturated rings. The fourth-order valence-corrected chi connectivity index (χ4v) is 9.02. The number of aliphatic hydroxyl groups excluding tert-OH is 1.